The van der Waals surface area contributed by atoms with Crippen LogP contribution in [0.15, 0.2) is 36.5 Å². The van der Waals surface area contributed by atoms with E-state index >= 15 is 0 Å². The van der Waals surface area contributed by atoms with Gasteiger partial charge in [-0.3, -0.25) is 4.79 Å². The van der Waals surface area contributed by atoms with E-state index in [0.29, 0.717) is 12.4 Å². The van der Waals surface area contributed by atoms with Gasteiger partial charge in [-0.15, -0.1) is 0 Å². The van der Waals surface area contributed by atoms with E-state index in [1.165, 1.54) is 0 Å². The van der Waals surface area contributed by atoms with Gasteiger partial charge in [0, 0.05) is 17.4 Å². The predicted octanol–water partition coefficient (Wildman–Crippen LogP) is 1.55. The molecular weight excluding hydrogens is 254 g/mol. The first-order chi connectivity index (χ1) is 9.63. The zero-order valence-corrected chi connectivity index (χ0v) is 11.2. The molecule has 0 radical (unpaired) electrons. The fraction of sp³-hybridized carbons (Fsp3) is 0.267. The van der Waals surface area contributed by atoms with Crippen LogP contribution < -0.4 is 4.90 Å². The van der Waals surface area contributed by atoms with Gasteiger partial charge in [0.1, 0.15) is 5.82 Å². The molecule has 1 aromatic carbocycles. The lowest BCUT2D eigenvalue weighted by atomic mass is 10.1. The van der Waals surface area contributed by atoms with E-state index in [2.05, 4.69) is 9.97 Å². The number of anilines is 1. The standard InChI is InChI=1S/C15H15N3O2/c1-10-16-6-5-14(17-10)11-3-2-4-12(7-11)18-9-13(19)8-15(18)20/h2-7,13,19H,8-9H2,1H3. The smallest absolute Gasteiger partial charge is 0.229 e. The summed E-state index contributed by atoms with van der Waals surface area (Å²) in [7, 11) is 0. The molecule has 1 aliphatic heterocycles. The highest BCUT2D eigenvalue weighted by Gasteiger charge is 2.29. The summed E-state index contributed by atoms with van der Waals surface area (Å²) in [4.78, 5) is 21.9. The summed E-state index contributed by atoms with van der Waals surface area (Å²) in [5.41, 5.74) is 2.55. The van der Waals surface area contributed by atoms with Crippen molar-refractivity contribution in [1.29, 1.82) is 0 Å². The van der Waals surface area contributed by atoms with E-state index in [0.717, 1.165) is 16.9 Å². The number of aromatic nitrogens is 2. The minimum Gasteiger partial charge on any atom is -0.391 e. The number of aryl methyl sites for hydroxylation is 1. The molecule has 0 bridgehead atoms. The minimum absolute atomic E-state index is 0.0477. The quantitative estimate of drug-likeness (QED) is 0.898. The van der Waals surface area contributed by atoms with E-state index in [1.54, 1.807) is 11.1 Å². The van der Waals surface area contributed by atoms with Crippen molar-refractivity contribution in [2.24, 2.45) is 0 Å². The first-order valence-electron chi connectivity index (χ1n) is 6.52. The Kier molecular flexibility index (Phi) is 3.20. The highest BCUT2D eigenvalue weighted by molar-refractivity contribution is 5.96. The molecule has 2 aromatic rings. The Morgan fingerprint density at radius 3 is 2.90 bits per heavy atom. The second-order valence-corrected chi connectivity index (χ2v) is 4.90. The summed E-state index contributed by atoms with van der Waals surface area (Å²) in [6.07, 6.45) is 1.33. The number of carbonyl (C=O) groups is 1. The van der Waals surface area contributed by atoms with Crippen molar-refractivity contribution in [2.45, 2.75) is 19.4 Å². The van der Waals surface area contributed by atoms with Gasteiger partial charge < -0.3 is 10.0 Å². The van der Waals surface area contributed by atoms with Crippen molar-refractivity contribution >= 4 is 11.6 Å². The SMILES string of the molecule is Cc1nccc(-c2cccc(N3CC(O)CC3=O)c2)n1. The number of rotatable bonds is 2. The van der Waals surface area contributed by atoms with Crippen LogP contribution in [0.2, 0.25) is 0 Å². The molecule has 1 aromatic heterocycles. The largest absolute Gasteiger partial charge is 0.391 e. The van der Waals surface area contributed by atoms with Gasteiger partial charge >= 0.3 is 0 Å². The van der Waals surface area contributed by atoms with Crippen molar-refractivity contribution in [1.82, 2.24) is 9.97 Å². The molecule has 1 atom stereocenters. The zero-order valence-electron chi connectivity index (χ0n) is 11.2. The molecule has 2 heterocycles. The third kappa shape index (κ3) is 2.40. The summed E-state index contributed by atoms with van der Waals surface area (Å²) >= 11 is 0. The lowest BCUT2D eigenvalue weighted by molar-refractivity contribution is -0.117. The Bertz CT molecular complexity index is 657. The Labute approximate surface area is 116 Å². The van der Waals surface area contributed by atoms with Crippen molar-refractivity contribution in [3.63, 3.8) is 0 Å². The maximum Gasteiger partial charge on any atom is 0.229 e. The van der Waals surface area contributed by atoms with E-state index in [-0.39, 0.29) is 12.3 Å². The van der Waals surface area contributed by atoms with E-state index in [9.17, 15) is 9.90 Å². The topological polar surface area (TPSA) is 66.3 Å². The third-order valence-corrected chi connectivity index (χ3v) is 3.33. The van der Waals surface area contributed by atoms with E-state index in [1.807, 2.05) is 37.3 Å². The fourth-order valence-electron chi connectivity index (χ4n) is 2.39. The summed E-state index contributed by atoms with van der Waals surface area (Å²) in [5.74, 6) is 0.661. The highest BCUT2D eigenvalue weighted by Crippen LogP contribution is 2.26. The number of aliphatic hydroxyl groups excluding tert-OH is 1. The molecule has 5 heteroatoms. The maximum absolute atomic E-state index is 11.8. The summed E-state index contributed by atoms with van der Waals surface area (Å²) < 4.78 is 0. The van der Waals surface area contributed by atoms with Crippen molar-refractivity contribution in [2.75, 3.05) is 11.4 Å². The number of hydrogen-bond acceptors (Lipinski definition) is 4. The molecule has 0 spiro atoms. The molecule has 20 heavy (non-hydrogen) atoms. The van der Waals surface area contributed by atoms with Crippen LogP contribution in [-0.4, -0.2) is 33.6 Å². The number of β-amino-alcohol motifs (C(OH)–C–C–N with tert-alkyl or cyclic N) is 1. The number of aliphatic hydroxyl groups is 1. The number of amides is 1. The van der Waals surface area contributed by atoms with Crippen molar-refractivity contribution in [3.8, 4) is 11.3 Å². The molecule has 1 amide bonds. The maximum atomic E-state index is 11.8. The molecule has 0 aliphatic carbocycles. The molecule has 1 saturated heterocycles. The third-order valence-electron chi connectivity index (χ3n) is 3.33. The van der Waals surface area contributed by atoms with E-state index < -0.39 is 6.10 Å². The Morgan fingerprint density at radius 1 is 1.35 bits per heavy atom. The monoisotopic (exact) mass is 269 g/mol. The Balaban J connectivity index is 1.96. The Hall–Kier alpha value is -2.27. The Morgan fingerprint density at radius 2 is 2.20 bits per heavy atom. The number of benzene rings is 1. The van der Waals surface area contributed by atoms with Gasteiger partial charge in [0.2, 0.25) is 5.91 Å². The summed E-state index contributed by atoms with van der Waals surface area (Å²) in [5, 5.41) is 9.57. The van der Waals surface area contributed by atoms with Gasteiger partial charge in [-0.25, -0.2) is 9.97 Å². The van der Waals surface area contributed by atoms with Crippen LogP contribution >= 0.6 is 0 Å². The first kappa shape index (κ1) is 12.7. The molecule has 1 aliphatic rings. The van der Waals surface area contributed by atoms with Crippen molar-refractivity contribution in [3.05, 3.63) is 42.4 Å². The average molecular weight is 269 g/mol. The molecule has 1 N–H and O–H groups in total. The molecular formula is C15H15N3O2. The lowest BCUT2D eigenvalue weighted by Crippen LogP contribution is -2.25. The van der Waals surface area contributed by atoms with Gasteiger partial charge in [0.25, 0.3) is 0 Å². The van der Waals surface area contributed by atoms with Gasteiger partial charge in [0.05, 0.1) is 24.8 Å². The van der Waals surface area contributed by atoms with E-state index in [4.69, 9.17) is 0 Å². The van der Waals surface area contributed by atoms with Gasteiger partial charge in [-0.1, -0.05) is 12.1 Å². The van der Waals surface area contributed by atoms with Gasteiger partial charge in [0.15, 0.2) is 0 Å². The lowest BCUT2D eigenvalue weighted by Gasteiger charge is -2.16. The fourth-order valence-corrected chi connectivity index (χ4v) is 2.39. The number of carbonyl (C=O) groups excluding carboxylic acids is 1. The van der Waals surface area contributed by atoms with Gasteiger partial charge in [-0.2, -0.15) is 0 Å². The molecule has 1 fully saturated rings. The van der Waals surface area contributed by atoms with Crippen LogP contribution in [0.1, 0.15) is 12.2 Å². The molecule has 1 unspecified atom stereocenters. The van der Waals surface area contributed by atoms with Gasteiger partial charge in [-0.05, 0) is 25.1 Å². The number of hydrogen-bond donors (Lipinski definition) is 1. The van der Waals surface area contributed by atoms with Crippen LogP contribution in [0.4, 0.5) is 5.69 Å². The molecule has 3 rings (SSSR count). The first-order valence-corrected chi connectivity index (χ1v) is 6.52. The van der Waals surface area contributed by atoms with Crippen molar-refractivity contribution < 1.29 is 9.90 Å². The van der Waals surface area contributed by atoms with Crippen LogP contribution in [0.3, 0.4) is 0 Å². The summed E-state index contributed by atoms with van der Waals surface area (Å²) in [6, 6.07) is 9.46. The zero-order chi connectivity index (χ0) is 14.1. The second kappa shape index (κ2) is 5.02. The van der Waals surface area contributed by atoms with Crippen LogP contribution in [-0.2, 0) is 4.79 Å². The molecule has 5 nitrogen and oxygen atoms in total. The normalized spacial score (nSPS) is 18.6. The van der Waals surface area contributed by atoms with Crippen LogP contribution in [0.5, 0.6) is 0 Å². The minimum atomic E-state index is -0.576. The average Bonchev–Trinajstić information content (AvgIpc) is 2.78. The highest BCUT2D eigenvalue weighted by atomic mass is 16.3. The molecule has 0 saturated carbocycles. The predicted molar refractivity (Wildman–Crippen MR) is 75.2 cm³/mol. The molecule has 102 valence electrons. The summed E-state index contributed by atoms with van der Waals surface area (Å²) in [6.45, 7) is 2.19. The second-order valence-electron chi connectivity index (χ2n) is 4.90. The van der Waals surface area contributed by atoms with Crippen LogP contribution in [0.25, 0.3) is 11.3 Å². The number of nitrogens with zero attached hydrogens (tertiary/aromatic N) is 3. The van der Waals surface area contributed by atoms with Crippen LogP contribution in [0, 0.1) is 6.92 Å².